The molecule has 4 aliphatic heterocycles. The molecular formula is C60H74F3N15O7. The lowest BCUT2D eigenvalue weighted by Crippen LogP contribution is -2.48. The number of rotatable bonds is 17. The second-order valence-electron chi connectivity index (χ2n) is 24.6. The van der Waals surface area contributed by atoms with Gasteiger partial charge in [0.15, 0.2) is 5.69 Å². The van der Waals surface area contributed by atoms with E-state index in [1.54, 1.807) is 38.5 Å². The number of benzene rings is 2. The molecule has 452 valence electrons. The van der Waals surface area contributed by atoms with Gasteiger partial charge in [-0.3, -0.25) is 52.8 Å². The third-order valence-electron chi connectivity index (χ3n) is 19.3. The van der Waals surface area contributed by atoms with Gasteiger partial charge in [-0.25, -0.2) is 13.2 Å². The second-order valence-corrected chi connectivity index (χ2v) is 24.6. The molecule has 4 aromatic heterocycles. The number of nitrogens with one attached hydrogen (secondary N) is 4. The van der Waals surface area contributed by atoms with Crippen molar-refractivity contribution >= 4 is 63.0 Å². The summed E-state index contributed by atoms with van der Waals surface area (Å²) in [5.74, 6) is -4.75. The van der Waals surface area contributed by atoms with Crippen LogP contribution in [0.2, 0.25) is 0 Å². The third kappa shape index (κ3) is 11.8. The van der Waals surface area contributed by atoms with Crippen molar-refractivity contribution in [1.82, 2.24) is 69.8 Å². The third-order valence-corrected chi connectivity index (χ3v) is 19.3. The summed E-state index contributed by atoms with van der Waals surface area (Å²) in [6, 6.07) is 8.87. The first kappa shape index (κ1) is 57.7. The first-order valence-corrected chi connectivity index (χ1v) is 30.0. The van der Waals surface area contributed by atoms with E-state index in [0.29, 0.717) is 88.1 Å². The molecule has 85 heavy (non-hydrogen) atoms. The summed E-state index contributed by atoms with van der Waals surface area (Å²) in [5.41, 5.74) is 3.83. The molecule has 4 N–H and O–H groups in total. The quantitative estimate of drug-likeness (QED) is 0.0883. The van der Waals surface area contributed by atoms with Crippen LogP contribution in [0.15, 0.2) is 48.9 Å². The number of carbonyl (C=O) groups is 6. The van der Waals surface area contributed by atoms with E-state index in [2.05, 4.69) is 50.9 Å². The molecule has 6 aromatic rings. The number of carbonyl (C=O) groups excluding carboxylic acids is 6. The van der Waals surface area contributed by atoms with Gasteiger partial charge in [0, 0.05) is 96.7 Å². The van der Waals surface area contributed by atoms with Gasteiger partial charge in [-0.2, -0.15) is 20.4 Å². The molecule has 0 spiro atoms. The topological polar surface area (TPSA) is 243 Å². The molecule has 22 nitrogen and oxygen atoms in total. The molecule has 0 bridgehead atoms. The highest BCUT2D eigenvalue weighted by Gasteiger charge is 2.78. The van der Waals surface area contributed by atoms with Crippen LogP contribution in [0, 0.1) is 41.8 Å². The molecular weight excluding hydrogens is 1100 g/mol. The number of hydrogen-bond donors (Lipinski definition) is 4. The molecule has 8 heterocycles. The van der Waals surface area contributed by atoms with Crippen LogP contribution < -0.4 is 16.0 Å². The minimum atomic E-state index is -2.74. The average Bonchev–Trinajstić information content (AvgIpc) is 1.53. The molecule has 4 saturated heterocycles. The zero-order valence-electron chi connectivity index (χ0n) is 48.4. The van der Waals surface area contributed by atoms with Gasteiger partial charge in [-0.15, -0.1) is 0 Å². The molecule has 25 heteroatoms. The number of esters is 1. The van der Waals surface area contributed by atoms with E-state index in [4.69, 9.17) is 5.10 Å². The van der Waals surface area contributed by atoms with Gasteiger partial charge in [-0.1, -0.05) is 19.1 Å². The Morgan fingerprint density at radius 2 is 1.47 bits per heavy atom. The predicted octanol–water partition coefficient (Wildman–Crippen LogP) is 4.97. The number of hydrogen-bond acceptors (Lipinski definition) is 13. The van der Waals surface area contributed by atoms with Gasteiger partial charge in [0.05, 0.1) is 61.0 Å². The molecule has 2 atom stereocenters. The van der Waals surface area contributed by atoms with Gasteiger partial charge in [0.25, 0.3) is 11.8 Å². The maximum Gasteiger partial charge on any atom is 0.325 e. The lowest BCUT2D eigenvalue weighted by molar-refractivity contribution is -0.141. The maximum atomic E-state index is 16.0. The number of anilines is 1. The molecule has 5 amide bonds. The predicted molar refractivity (Wildman–Crippen MR) is 306 cm³/mol. The van der Waals surface area contributed by atoms with Gasteiger partial charge < -0.3 is 35.4 Å². The smallest absolute Gasteiger partial charge is 0.325 e. The maximum absolute atomic E-state index is 16.0. The molecule has 0 unspecified atom stereocenters. The Morgan fingerprint density at radius 3 is 2.22 bits per heavy atom. The van der Waals surface area contributed by atoms with E-state index < -0.39 is 46.8 Å². The number of aromatic nitrogens is 8. The number of methoxy groups -OCH3 is 1. The lowest BCUT2D eigenvalue weighted by Gasteiger charge is -2.40. The summed E-state index contributed by atoms with van der Waals surface area (Å²) in [5, 5.41) is 30.0. The Morgan fingerprint density at radius 1 is 0.765 bits per heavy atom. The highest BCUT2D eigenvalue weighted by atomic mass is 19.3. The van der Waals surface area contributed by atoms with Gasteiger partial charge in [0.2, 0.25) is 23.6 Å². The fourth-order valence-corrected chi connectivity index (χ4v) is 14.0. The van der Waals surface area contributed by atoms with Gasteiger partial charge in [-0.05, 0) is 126 Å². The van der Waals surface area contributed by atoms with Crippen molar-refractivity contribution in [3.05, 3.63) is 77.4 Å². The van der Waals surface area contributed by atoms with E-state index in [1.807, 2.05) is 37.4 Å². The summed E-state index contributed by atoms with van der Waals surface area (Å²) >= 11 is 0. The summed E-state index contributed by atoms with van der Waals surface area (Å²) in [6.45, 7) is 10.8. The molecule has 2 aromatic carbocycles. The van der Waals surface area contributed by atoms with E-state index in [-0.39, 0.29) is 61.9 Å². The molecule has 2 aliphatic carbocycles. The summed E-state index contributed by atoms with van der Waals surface area (Å²) < 4.78 is 54.7. The molecule has 5 fully saturated rings. The number of alkyl halides is 2. The van der Waals surface area contributed by atoms with E-state index in [1.165, 1.54) is 17.9 Å². The van der Waals surface area contributed by atoms with Crippen LogP contribution in [0.4, 0.5) is 18.9 Å². The Hall–Kier alpha value is -7.67. The number of amides is 5. The molecule has 12 rings (SSSR count). The van der Waals surface area contributed by atoms with Crippen molar-refractivity contribution in [2.75, 3.05) is 91.0 Å². The first-order valence-electron chi connectivity index (χ1n) is 30.0. The van der Waals surface area contributed by atoms with Gasteiger partial charge >= 0.3 is 5.97 Å². The van der Waals surface area contributed by atoms with Crippen LogP contribution >= 0.6 is 0 Å². The molecule has 0 radical (unpaired) electrons. The van der Waals surface area contributed by atoms with E-state index in [0.717, 1.165) is 103 Å². The average molecular weight is 1170 g/mol. The lowest BCUT2D eigenvalue weighted by atomic mass is 9.87. The fourth-order valence-electron chi connectivity index (χ4n) is 14.0. The Kier molecular flexibility index (Phi) is 16.1. The molecule has 6 aliphatic rings. The van der Waals surface area contributed by atoms with E-state index in [9.17, 15) is 37.5 Å². The monoisotopic (exact) mass is 1170 g/mol. The zero-order chi connectivity index (χ0) is 59.3. The summed E-state index contributed by atoms with van der Waals surface area (Å²) in [7, 11) is 1.21. The summed E-state index contributed by atoms with van der Waals surface area (Å²) in [4.78, 5) is 85.7. The Labute approximate surface area is 489 Å². The zero-order valence-corrected chi connectivity index (χ0v) is 48.4. The number of aromatic amines is 1. The second kappa shape index (κ2) is 23.7. The number of likely N-dealkylation sites (tertiary alicyclic amines) is 4. The normalized spacial score (nSPS) is 21.6. The minimum Gasteiger partial charge on any atom is -0.468 e. The van der Waals surface area contributed by atoms with Crippen molar-refractivity contribution in [2.24, 2.45) is 29.1 Å². The largest absolute Gasteiger partial charge is 0.468 e. The van der Waals surface area contributed by atoms with Crippen molar-refractivity contribution < 1.29 is 46.7 Å². The van der Waals surface area contributed by atoms with Crippen molar-refractivity contribution in [2.45, 2.75) is 103 Å². The van der Waals surface area contributed by atoms with Crippen LogP contribution in [0.5, 0.6) is 0 Å². The number of aryl methyl sites for hydroxylation is 1. The number of halogens is 3. The summed E-state index contributed by atoms with van der Waals surface area (Å²) in [6.07, 6.45) is 12.3. The van der Waals surface area contributed by atoms with Crippen LogP contribution in [-0.2, 0) is 54.6 Å². The Bertz CT molecular complexity index is 3530. The number of ether oxygens (including phenoxy) is 1. The molecule has 1 saturated carbocycles. The highest BCUT2D eigenvalue weighted by Crippen LogP contribution is 2.70. The number of H-pyrrole nitrogens is 1. The van der Waals surface area contributed by atoms with Crippen molar-refractivity contribution in [1.29, 1.82) is 0 Å². The SMILES string of the molecule is COC(=O)CNC(=O)CNC(=O)Cn1nc(C)c2c(-c3cc4c(cnn4CC4CCN(CC(=O)N5CCC(CN6CCC(C(=O)N7CCC(n8cc(NC(=O)c9n[nH]c%10c9C[C@H]9C(F)(F)[C@@]9(C)C%10)cn8)CC7)CC6)CC5)CC4)cc3F)cccc21. The van der Waals surface area contributed by atoms with E-state index >= 15 is 4.39 Å². The number of nitrogens with zero attached hydrogens (tertiary/aromatic N) is 11. The van der Waals surface area contributed by atoms with Crippen LogP contribution in [0.25, 0.3) is 32.9 Å². The van der Waals surface area contributed by atoms with Crippen LogP contribution in [-0.4, -0.2) is 186 Å². The highest BCUT2D eigenvalue weighted by molar-refractivity contribution is 6.04. The minimum absolute atomic E-state index is 0.00688. The van der Waals surface area contributed by atoms with Crippen molar-refractivity contribution in [3.63, 3.8) is 0 Å². The van der Waals surface area contributed by atoms with Crippen LogP contribution in [0.3, 0.4) is 0 Å². The number of piperidine rings is 4. The number of fused-ring (bicyclic) bond motifs is 4. The standard InChI is InChI=1S/C60H74F3N15O7/c1-36-55-43(5-4-6-48(55)78(71-36)34-52(80)64-29-51(79)65-30-54(82)85-3)44-24-49-40(23-46(44)61)27-66-77(49)32-38-7-15-73(16-8-38)35-53(81)74-19-9-37(10-20-74)31-72-17-11-39(12-18-72)58(84)75-21-13-42(14-22-75)76-33-41(28-67-76)68-57(83)56-45-25-50-59(2,60(50,62)63)26-47(45)69-70-56/h4-6,23-24,27-28,33,37-39,42,50H,7-22,25-26,29-32,34-35H2,1-3H3,(H,64,80)(H,65,79)(H,68,83)(H,69,70)/t50-,59+/m1/s1. The fraction of sp³-hybridized carbons (Fsp3) is 0.567. The van der Waals surface area contributed by atoms with Crippen LogP contribution in [0.1, 0.15) is 91.8 Å². The van der Waals surface area contributed by atoms with Crippen molar-refractivity contribution in [3.8, 4) is 11.1 Å². The van der Waals surface area contributed by atoms with Gasteiger partial charge in [0.1, 0.15) is 18.9 Å². The Balaban J connectivity index is 0.548. The first-order chi connectivity index (χ1) is 40.9.